The average molecular weight is 379 g/mol. The molecule has 2 rings (SSSR count). The summed E-state index contributed by atoms with van der Waals surface area (Å²) in [4.78, 5) is 0. The molecule has 0 saturated carbocycles. The van der Waals surface area contributed by atoms with E-state index in [4.69, 9.17) is 15.3 Å². The summed E-state index contributed by atoms with van der Waals surface area (Å²) >= 11 is 0. The van der Waals surface area contributed by atoms with Gasteiger partial charge in [0.15, 0.2) is 17.3 Å². The Kier molecular flexibility index (Phi) is 8.72. The average Bonchev–Trinajstić information content (AvgIpc) is 2.89. The van der Waals surface area contributed by atoms with Crippen molar-refractivity contribution in [2.75, 3.05) is 25.5 Å². The van der Waals surface area contributed by atoms with E-state index >= 15 is 0 Å². The van der Waals surface area contributed by atoms with Crippen LogP contribution in [0.2, 0.25) is 0 Å². The van der Waals surface area contributed by atoms with Crippen LogP contribution in [0.15, 0.2) is 17.2 Å². The number of rotatable bonds is 6. The molecular weight excluding hydrogens is 359 g/mol. The highest BCUT2D eigenvalue weighted by Crippen LogP contribution is 2.36. The van der Waals surface area contributed by atoms with Crippen LogP contribution in [-0.2, 0) is 6.42 Å². The molecule has 0 bridgehead atoms. The van der Waals surface area contributed by atoms with Gasteiger partial charge in [-0.1, -0.05) is 6.92 Å². The smallest absolute Gasteiger partial charge is 0.263 e. The van der Waals surface area contributed by atoms with Crippen LogP contribution in [0.5, 0.6) is 17.2 Å². The van der Waals surface area contributed by atoms with Crippen molar-refractivity contribution in [3.05, 3.63) is 23.5 Å². The van der Waals surface area contributed by atoms with E-state index < -0.39 is 0 Å². The van der Waals surface area contributed by atoms with Crippen molar-refractivity contribution in [3.63, 3.8) is 0 Å². The van der Waals surface area contributed by atoms with Crippen molar-refractivity contribution in [2.45, 2.75) is 13.3 Å². The number of nitrogens with one attached hydrogen (secondary N) is 1. The van der Waals surface area contributed by atoms with Crippen LogP contribution >= 0.6 is 24.8 Å². The van der Waals surface area contributed by atoms with Gasteiger partial charge >= 0.3 is 0 Å². The summed E-state index contributed by atoms with van der Waals surface area (Å²) in [6.07, 6.45) is 2.19. The number of nitrogen functional groups attached to an aromatic ring is 1. The van der Waals surface area contributed by atoms with Crippen molar-refractivity contribution < 1.29 is 14.6 Å². The molecule has 24 heavy (non-hydrogen) atoms. The zero-order valence-corrected chi connectivity index (χ0v) is 15.0. The number of nitrogens with zero attached hydrogens (tertiary/aromatic N) is 4. The zero-order valence-electron chi connectivity index (χ0n) is 13.4. The molecule has 0 saturated heterocycles. The molecule has 0 fully saturated rings. The Labute approximate surface area is 151 Å². The third-order valence-electron chi connectivity index (χ3n) is 2.96. The number of aromatic hydroxyl groups is 1. The summed E-state index contributed by atoms with van der Waals surface area (Å²) in [5.41, 5.74) is 3.36. The fraction of sp³-hybridized carbons (Fsp3) is 0.308. The van der Waals surface area contributed by atoms with E-state index in [-0.39, 0.29) is 42.1 Å². The summed E-state index contributed by atoms with van der Waals surface area (Å²) in [6.45, 7) is 1.93. The number of anilines is 1. The first-order valence-electron chi connectivity index (χ1n) is 6.54. The van der Waals surface area contributed by atoms with Gasteiger partial charge in [0.05, 0.1) is 20.4 Å². The number of phenolic OH excluding ortho intramolecular Hbond substituents is 1. The molecule has 0 amide bonds. The Morgan fingerprint density at radius 3 is 2.29 bits per heavy atom. The maximum absolute atomic E-state index is 9.83. The molecule has 2 aromatic rings. The SMILES string of the molecule is CCc1nnc(N/N=C/c2cc(OC)c(O)c(OC)c2)n1N.Cl.Cl. The molecule has 0 aliphatic heterocycles. The second-order valence-electron chi connectivity index (χ2n) is 4.31. The molecule has 1 aromatic carbocycles. The number of aromatic nitrogens is 3. The lowest BCUT2D eigenvalue weighted by Gasteiger charge is -2.09. The summed E-state index contributed by atoms with van der Waals surface area (Å²) < 4.78 is 11.5. The molecule has 0 spiro atoms. The first kappa shape index (κ1) is 21.6. The molecule has 1 aromatic heterocycles. The fourth-order valence-corrected chi connectivity index (χ4v) is 1.79. The molecule has 9 nitrogen and oxygen atoms in total. The monoisotopic (exact) mass is 378 g/mol. The Morgan fingerprint density at radius 2 is 1.83 bits per heavy atom. The van der Waals surface area contributed by atoms with Gasteiger partial charge in [0, 0.05) is 12.0 Å². The molecule has 11 heteroatoms. The van der Waals surface area contributed by atoms with Gasteiger partial charge < -0.3 is 20.4 Å². The van der Waals surface area contributed by atoms with E-state index in [9.17, 15) is 5.11 Å². The van der Waals surface area contributed by atoms with E-state index in [0.717, 1.165) is 0 Å². The standard InChI is InChI=1S/C13H18N6O3.2ClH/c1-4-11-16-18-13(19(11)14)17-15-7-8-5-9(21-2)12(20)10(6-8)22-3;;/h5-7,20H,4,14H2,1-3H3,(H,17,18);2*1H/b15-7+;;. The number of methoxy groups -OCH3 is 2. The van der Waals surface area contributed by atoms with E-state index in [1.165, 1.54) is 25.1 Å². The molecule has 0 atom stereocenters. The van der Waals surface area contributed by atoms with Gasteiger partial charge in [-0.15, -0.1) is 35.0 Å². The summed E-state index contributed by atoms with van der Waals surface area (Å²) in [6, 6.07) is 3.24. The third kappa shape index (κ3) is 4.56. The fourth-order valence-electron chi connectivity index (χ4n) is 1.79. The van der Waals surface area contributed by atoms with E-state index in [0.29, 0.717) is 23.8 Å². The highest BCUT2D eigenvalue weighted by Gasteiger charge is 2.10. The number of hydrogen-bond donors (Lipinski definition) is 3. The van der Waals surface area contributed by atoms with Gasteiger partial charge in [0.2, 0.25) is 5.75 Å². The maximum Gasteiger partial charge on any atom is 0.263 e. The molecule has 0 unspecified atom stereocenters. The number of nitrogens with two attached hydrogens (primary N) is 1. The Morgan fingerprint density at radius 1 is 1.25 bits per heavy atom. The molecule has 134 valence electrons. The van der Waals surface area contributed by atoms with Crippen LogP contribution in [0, 0.1) is 0 Å². The number of hydrazone groups is 1. The van der Waals surface area contributed by atoms with Gasteiger partial charge in [-0.3, -0.25) is 0 Å². The Balaban J connectivity index is 0.00000264. The van der Waals surface area contributed by atoms with E-state index in [1.54, 1.807) is 12.1 Å². The predicted octanol–water partition coefficient (Wildman–Crippen LogP) is 1.57. The lowest BCUT2D eigenvalue weighted by Crippen LogP contribution is -2.14. The summed E-state index contributed by atoms with van der Waals surface area (Å²) in [7, 11) is 2.91. The van der Waals surface area contributed by atoms with Gasteiger partial charge in [-0.05, 0) is 12.1 Å². The van der Waals surface area contributed by atoms with Crippen LogP contribution in [0.1, 0.15) is 18.3 Å². The number of ether oxygens (including phenoxy) is 2. The predicted molar refractivity (Wildman–Crippen MR) is 96.5 cm³/mol. The molecule has 0 radical (unpaired) electrons. The molecular formula is C13H20Cl2N6O3. The topological polar surface area (TPSA) is 120 Å². The van der Waals surface area contributed by atoms with Crippen molar-refractivity contribution >= 4 is 37.0 Å². The van der Waals surface area contributed by atoms with Gasteiger partial charge in [-0.2, -0.15) is 5.10 Å². The maximum atomic E-state index is 9.83. The number of phenols is 1. The van der Waals surface area contributed by atoms with Crippen LogP contribution in [-0.4, -0.2) is 40.4 Å². The molecule has 1 heterocycles. The first-order valence-corrected chi connectivity index (χ1v) is 6.54. The highest BCUT2D eigenvalue weighted by atomic mass is 35.5. The Hall–Kier alpha value is -2.39. The molecule has 4 N–H and O–H groups in total. The number of aryl methyl sites for hydroxylation is 1. The second kappa shape index (κ2) is 9.68. The van der Waals surface area contributed by atoms with Crippen LogP contribution in [0.25, 0.3) is 0 Å². The van der Waals surface area contributed by atoms with E-state index in [2.05, 4.69) is 20.7 Å². The lowest BCUT2D eigenvalue weighted by molar-refractivity contribution is 0.340. The number of hydrogen-bond acceptors (Lipinski definition) is 8. The minimum atomic E-state index is -0.0654. The largest absolute Gasteiger partial charge is 0.502 e. The number of halogens is 2. The first-order chi connectivity index (χ1) is 10.6. The van der Waals surface area contributed by atoms with Crippen molar-refractivity contribution in [1.29, 1.82) is 0 Å². The van der Waals surface area contributed by atoms with E-state index in [1.807, 2.05) is 6.92 Å². The van der Waals surface area contributed by atoms with Crippen LogP contribution in [0.3, 0.4) is 0 Å². The van der Waals surface area contributed by atoms with Gasteiger partial charge in [0.1, 0.15) is 0 Å². The highest BCUT2D eigenvalue weighted by molar-refractivity contribution is 5.85. The Bertz CT molecular complexity index is 667. The normalized spacial score (nSPS) is 9.96. The second-order valence-corrected chi connectivity index (χ2v) is 4.31. The summed E-state index contributed by atoms with van der Waals surface area (Å²) in [5, 5.41) is 21.6. The van der Waals surface area contributed by atoms with Gasteiger partial charge in [-0.25, -0.2) is 10.1 Å². The molecule has 0 aliphatic carbocycles. The molecule has 0 aliphatic rings. The quantitative estimate of drug-likeness (QED) is 0.396. The zero-order chi connectivity index (χ0) is 16.1. The summed E-state index contributed by atoms with van der Waals surface area (Å²) in [5.74, 6) is 7.27. The van der Waals surface area contributed by atoms with Crippen molar-refractivity contribution in [2.24, 2.45) is 5.10 Å². The lowest BCUT2D eigenvalue weighted by atomic mass is 10.2. The minimum Gasteiger partial charge on any atom is -0.502 e. The van der Waals surface area contributed by atoms with Crippen LogP contribution in [0.4, 0.5) is 5.95 Å². The van der Waals surface area contributed by atoms with Crippen molar-refractivity contribution in [3.8, 4) is 17.2 Å². The van der Waals surface area contributed by atoms with Crippen LogP contribution < -0.4 is 20.7 Å². The third-order valence-corrected chi connectivity index (χ3v) is 2.96. The van der Waals surface area contributed by atoms with Gasteiger partial charge in [0.25, 0.3) is 5.95 Å². The minimum absolute atomic E-state index is 0. The number of benzene rings is 1. The van der Waals surface area contributed by atoms with Crippen molar-refractivity contribution in [1.82, 2.24) is 14.9 Å².